The van der Waals surface area contributed by atoms with Crippen molar-refractivity contribution >= 4 is 5.91 Å². The zero-order valence-electron chi connectivity index (χ0n) is 17.6. The summed E-state index contributed by atoms with van der Waals surface area (Å²) in [5.41, 5.74) is 2.99. The molecule has 27 heavy (non-hydrogen) atoms. The second-order valence-electron chi connectivity index (χ2n) is 8.25. The zero-order valence-corrected chi connectivity index (χ0v) is 17.6. The van der Waals surface area contributed by atoms with Crippen LogP contribution >= 0.6 is 0 Å². The Labute approximate surface area is 166 Å². The summed E-state index contributed by atoms with van der Waals surface area (Å²) in [6, 6.07) is 0. The third-order valence-electron chi connectivity index (χ3n) is 5.68. The topological polar surface area (TPSA) is 32.3 Å². The molecule has 1 atom stereocenters. The molecule has 3 heteroatoms. The van der Waals surface area contributed by atoms with Crippen molar-refractivity contribution in [2.75, 3.05) is 7.05 Å². The molecule has 1 saturated carbocycles. The quantitative estimate of drug-likeness (QED) is 0.575. The first kappa shape index (κ1) is 21.5. The molecule has 1 fully saturated rings. The highest BCUT2D eigenvalue weighted by atomic mass is 16.2. The van der Waals surface area contributed by atoms with Crippen LogP contribution in [0.25, 0.3) is 0 Å². The third-order valence-corrected chi connectivity index (χ3v) is 5.68. The highest BCUT2D eigenvalue weighted by molar-refractivity contribution is 5.78. The summed E-state index contributed by atoms with van der Waals surface area (Å²) in [4.78, 5) is 14.7. The van der Waals surface area contributed by atoms with Gasteiger partial charge in [-0.05, 0) is 49.7 Å². The van der Waals surface area contributed by atoms with Crippen LogP contribution in [0.3, 0.4) is 0 Å². The van der Waals surface area contributed by atoms with Gasteiger partial charge in [-0.25, -0.2) is 0 Å². The lowest BCUT2D eigenvalue weighted by atomic mass is 9.96. The molecule has 0 aromatic carbocycles. The van der Waals surface area contributed by atoms with Crippen molar-refractivity contribution in [1.82, 2.24) is 10.2 Å². The van der Waals surface area contributed by atoms with Crippen LogP contribution < -0.4 is 5.32 Å². The lowest BCUT2D eigenvalue weighted by Gasteiger charge is -2.22. The molecule has 150 valence electrons. The monoisotopic (exact) mass is 370 g/mol. The Bertz CT molecular complexity index is 592. The first-order valence-electron chi connectivity index (χ1n) is 10.8. The summed E-state index contributed by atoms with van der Waals surface area (Å²) in [5.74, 6) is 1.09. The van der Waals surface area contributed by atoms with Crippen LogP contribution in [0.1, 0.15) is 78.1 Å². The van der Waals surface area contributed by atoms with Gasteiger partial charge < -0.3 is 10.2 Å². The van der Waals surface area contributed by atoms with Crippen LogP contribution in [0.4, 0.5) is 0 Å². The minimum absolute atomic E-state index is 0.219. The summed E-state index contributed by atoms with van der Waals surface area (Å²) in [6.07, 6.45) is 20.1. The van der Waals surface area contributed by atoms with E-state index < -0.39 is 0 Å². The Balaban J connectivity index is 2.05. The molecule has 1 aliphatic heterocycles. The average Bonchev–Trinajstić information content (AvgIpc) is 2.87. The number of likely N-dealkylation sites (N-methyl/N-ethyl adjacent to an activating group) is 1. The molecular formula is C24H38N2O. The molecule has 2 rings (SSSR count). The fraction of sp³-hybridized carbons (Fsp3) is 0.625. The maximum absolute atomic E-state index is 12.9. The van der Waals surface area contributed by atoms with Gasteiger partial charge in [0.2, 0.25) is 5.91 Å². The molecule has 1 heterocycles. The number of nitrogens with zero attached hydrogens (tertiary/aromatic N) is 1. The number of nitrogens with one attached hydrogen (secondary N) is 1. The minimum atomic E-state index is 0.219. The number of carbonyl (C=O) groups excluding carboxylic acids is 1. The molecule has 0 bridgehead atoms. The van der Waals surface area contributed by atoms with Crippen molar-refractivity contribution in [3.63, 3.8) is 0 Å². The van der Waals surface area contributed by atoms with Crippen LogP contribution in [-0.2, 0) is 4.79 Å². The average molecular weight is 371 g/mol. The molecular weight excluding hydrogens is 332 g/mol. The zero-order chi connectivity index (χ0) is 19.6. The molecule has 0 spiro atoms. The first-order chi connectivity index (χ1) is 13.0. The predicted molar refractivity (Wildman–Crippen MR) is 115 cm³/mol. The van der Waals surface area contributed by atoms with E-state index in [2.05, 4.69) is 44.0 Å². The van der Waals surface area contributed by atoms with Gasteiger partial charge in [-0.2, -0.15) is 0 Å². The van der Waals surface area contributed by atoms with Gasteiger partial charge in [0.25, 0.3) is 0 Å². The third kappa shape index (κ3) is 7.40. The van der Waals surface area contributed by atoms with Gasteiger partial charge >= 0.3 is 0 Å². The van der Waals surface area contributed by atoms with Crippen molar-refractivity contribution in [2.45, 2.75) is 78.1 Å². The van der Waals surface area contributed by atoms with E-state index in [1.807, 2.05) is 18.0 Å². The highest BCUT2D eigenvalue weighted by Gasteiger charge is 2.20. The molecule has 0 aromatic heterocycles. The van der Waals surface area contributed by atoms with Gasteiger partial charge in [-0.1, -0.05) is 64.7 Å². The van der Waals surface area contributed by atoms with Crippen LogP contribution in [0.2, 0.25) is 0 Å². The second-order valence-corrected chi connectivity index (χ2v) is 8.25. The van der Waals surface area contributed by atoms with Gasteiger partial charge in [0.15, 0.2) is 0 Å². The summed E-state index contributed by atoms with van der Waals surface area (Å²) < 4.78 is 0. The van der Waals surface area contributed by atoms with Gasteiger partial charge in [-0.15, -0.1) is 0 Å². The SMILES string of the molecule is C=C1/C=C(N(C)C(=O)CC2CCCCCC2)\C=C/C(C)/C=C(/CCCC)N1. The van der Waals surface area contributed by atoms with Crippen LogP contribution in [0.5, 0.6) is 0 Å². The summed E-state index contributed by atoms with van der Waals surface area (Å²) in [6.45, 7) is 8.55. The Hall–Kier alpha value is -1.77. The van der Waals surface area contributed by atoms with E-state index in [0.717, 1.165) is 17.8 Å². The summed E-state index contributed by atoms with van der Waals surface area (Å²) >= 11 is 0. The molecule has 1 amide bonds. The number of allylic oxidation sites excluding steroid dienone is 5. The van der Waals surface area contributed by atoms with Crippen molar-refractivity contribution in [2.24, 2.45) is 11.8 Å². The molecule has 1 unspecified atom stereocenters. The van der Waals surface area contributed by atoms with Crippen LogP contribution in [-0.4, -0.2) is 17.9 Å². The number of rotatable bonds is 6. The van der Waals surface area contributed by atoms with E-state index in [-0.39, 0.29) is 5.91 Å². The van der Waals surface area contributed by atoms with Gasteiger partial charge in [0.1, 0.15) is 0 Å². The molecule has 2 aliphatic rings. The molecule has 0 radical (unpaired) electrons. The lowest BCUT2D eigenvalue weighted by molar-refractivity contribution is -0.129. The Morgan fingerprint density at radius 1 is 1.26 bits per heavy atom. The molecule has 0 saturated heterocycles. The number of hydrogen-bond acceptors (Lipinski definition) is 2. The van der Waals surface area contributed by atoms with E-state index in [1.54, 1.807) is 0 Å². The number of unbranched alkanes of at least 4 members (excludes halogenated alkanes) is 1. The Kier molecular flexibility index (Phi) is 8.90. The minimum Gasteiger partial charge on any atom is -0.360 e. The van der Waals surface area contributed by atoms with Crippen molar-refractivity contribution in [3.05, 3.63) is 48.0 Å². The van der Waals surface area contributed by atoms with E-state index in [4.69, 9.17) is 0 Å². The van der Waals surface area contributed by atoms with Gasteiger partial charge in [0, 0.05) is 30.6 Å². The largest absolute Gasteiger partial charge is 0.360 e. The second kappa shape index (κ2) is 11.2. The molecule has 0 aromatic rings. The van der Waals surface area contributed by atoms with Crippen molar-refractivity contribution < 1.29 is 4.79 Å². The number of amides is 1. The Morgan fingerprint density at radius 3 is 2.63 bits per heavy atom. The maximum Gasteiger partial charge on any atom is 0.226 e. The number of hydrogen-bond donors (Lipinski definition) is 1. The fourth-order valence-corrected chi connectivity index (χ4v) is 3.95. The maximum atomic E-state index is 12.9. The van der Waals surface area contributed by atoms with Crippen LogP contribution in [0, 0.1) is 11.8 Å². The normalized spacial score (nSPS) is 26.9. The lowest BCUT2D eigenvalue weighted by Crippen LogP contribution is -2.27. The standard InChI is InChI=1S/C24H38N2O/c1-5-6-13-22-16-19(2)14-15-23(17-20(3)25-22)26(4)24(27)18-21-11-9-7-8-10-12-21/h14-17,19,21,25H,3,5-13,18H2,1-2,4H3/b15-14-,22-16-,23-17+. The van der Waals surface area contributed by atoms with Crippen molar-refractivity contribution in [1.29, 1.82) is 0 Å². The molecule has 1 N–H and O–H groups in total. The van der Waals surface area contributed by atoms with Gasteiger partial charge in [-0.3, -0.25) is 4.79 Å². The van der Waals surface area contributed by atoms with Crippen molar-refractivity contribution in [3.8, 4) is 0 Å². The smallest absolute Gasteiger partial charge is 0.226 e. The van der Waals surface area contributed by atoms with E-state index >= 15 is 0 Å². The van der Waals surface area contributed by atoms with E-state index in [9.17, 15) is 4.79 Å². The van der Waals surface area contributed by atoms with E-state index in [1.165, 1.54) is 57.1 Å². The first-order valence-corrected chi connectivity index (χ1v) is 10.8. The summed E-state index contributed by atoms with van der Waals surface area (Å²) in [7, 11) is 1.90. The molecule has 1 aliphatic carbocycles. The highest BCUT2D eigenvalue weighted by Crippen LogP contribution is 2.26. The fourth-order valence-electron chi connectivity index (χ4n) is 3.95. The van der Waals surface area contributed by atoms with Crippen LogP contribution in [0.15, 0.2) is 48.0 Å². The number of carbonyl (C=O) groups is 1. The Morgan fingerprint density at radius 2 is 1.96 bits per heavy atom. The van der Waals surface area contributed by atoms with Gasteiger partial charge in [0.05, 0.1) is 0 Å². The molecule has 3 nitrogen and oxygen atoms in total. The van der Waals surface area contributed by atoms with E-state index in [0.29, 0.717) is 18.3 Å². The predicted octanol–water partition coefficient (Wildman–Crippen LogP) is 6.07. The summed E-state index contributed by atoms with van der Waals surface area (Å²) in [5, 5.41) is 3.45.